The SMILES string of the molecule is CCC(C)NC(=O)c1cnc(Nc2ccccc2)cn1. The lowest BCUT2D eigenvalue weighted by Crippen LogP contribution is -2.32. The maximum absolute atomic E-state index is 11.8. The van der Waals surface area contributed by atoms with E-state index in [9.17, 15) is 4.79 Å². The number of rotatable bonds is 5. The first-order valence-corrected chi connectivity index (χ1v) is 6.64. The van der Waals surface area contributed by atoms with Crippen molar-refractivity contribution in [1.82, 2.24) is 15.3 Å². The molecule has 20 heavy (non-hydrogen) atoms. The van der Waals surface area contributed by atoms with Gasteiger partial charge in [-0.2, -0.15) is 0 Å². The molecule has 5 heteroatoms. The highest BCUT2D eigenvalue weighted by Gasteiger charge is 2.10. The number of amides is 1. The molecule has 0 aliphatic rings. The van der Waals surface area contributed by atoms with Crippen LogP contribution >= 0.6 is 0 Å². The van der Waals surface area contributed by atoms with E-state index in [1.165, 1.54) is 6.20 Å². The standard InChI is InChI=1S/C15H18N4O/c1-3-11(2)18-15(20)13-9-17-14(10-16-13)19-12-7-5-4-6-8-12/h4-11H,3H2,1-2H3,(H,17,19)(H,18,20). The summed E-state index contributed by atoms with van der Waals surface area (Å²) in [4.78, 5) is 20.2. The van der Waals surface area contributed by atoms with Crippen molar-refractivity contribution in [3.63, 3.8) is 0 Å². The van der Waals surface area contributed by atoms with E-state index in [1.54, 1.807) is 6.20 Å². The summed E-state index contributed by atoms with van der Waals surface area (Å²) in [6.45, 7) is 3.97. The van der Waals surface area contributed by atoms with Crippen molar-refractivity contribution in [2.24, 2.45) is 0 Å². The molecule has 1 aromatic carbocycles. The molecule has 2 aromatic rings. The van der Waals surface area contributed by atoms with E-state index < -0.39 is 0 Å². The number of carbonyl (C=O) groups excluding carboxylic acids is 1. The Morgan fingerprint density at radius 2 is 1.95 bits per heavy atom. The minimum Gasteiger partial charge on any atom is -0.348 e. The zero-order valence-corrected chi connectivity index (χ0v) is 11.6. The van der Waals surface area contributed by atoms with Gasteiger partial charge in [-0.05, 0) is 25.5 Å². The fraction of sp³-hybridized carbons (Fsp3) is 0.267. The number of anilines is 2. The number of carbonyl (C=O) groups is 1. The molecule has 1 heterocycles. The van der Waals surface area contributed by atoms with Crippen molar-refractivity contribution in [2.45, 2.75) is 26.3 Å². The molecule has 0 spiro atoms. The largest absolute Gasteiger partial charge is 0.348 e. The summed E-state index contributed by atoms with van der Waals surface area (Å²) in [6, 6.07) is 9.81. The predicted octanol–water partition coefficient (Wildman–Crippen LogP) is 2.75. The van der Waals surface area contributed by atoms with Gasteiger partial charge in [0.1, 0.15) is 11.5 Å². The van der Waals surface area contributed by atoms with Crippen LogP contribution in [-0.2, 0) is 0 Å². The molecule has 0 radical (unpaired) electrons. The Morgan fingerprint density at radius 1 is 1.20 bits per heavy atom. The van der Waals surface area contributed by atoms with Gasteiger partial charge in [-0.15, -0.1) is 0 Å². The van der Waals surface area contributed by atoms with Crippen LogP contribution in [0.15, 0.2) is 42.7 Å². The molecule has 0 aliphatic heterocycles. The lowest BCUT2D eigenvalue weighted by atomic mass is 10.2. The number of aromatic nitrogens is 2. The van der Waals surface area contributed by atoms with Crippen molar-refractivity contribution >= 4 is 17.4 Å². The Kier molecular flexibility index (Phi) is 4.65. The monoisotopic (exact) mass is 270 g/mol. The summed E-state index contributed by atoms with van der Waals surface area (Å²) in [5.41, 5.74) is 1.25. The van der Waals surface area contributed by atoms with Crippen LogP contribution in [0.2, 0.25) is 0 Å². The molecule has 1 unspecified atom stereocenters. The van der Waals surface area contributed by atoms with Crippen molar-refractivity contribution in [3.05, 3.63) is 48.4 Å². The first-order valence-electron chi connectivity index (χ1n) is 6.64. The van der Waals surface area contributed by atoms with E-state index in [0.717, 1.165) is 12.1 Å². The van der Waals surface area contributed by atoms with Crippen LogP contribution in [0.3, 0.4) is 0 Å². The van der Waals surface area contributed by atoms with E-state index in [4.69, 9.17) is 0 Å². The minimum atomic E-state index is -0.196. The van der Waals surface area contributed by atoms with Gasteiger partial charge in [-0.3, -0.25) is 4.79 Å². The Balaban J connectivity index is 2.01. The average molecular weight is 270 g/mol. The third kappa shape index (κ3) is 3.78. The van der Waals surface area contributed by atoms with E-state index in [0.29, 0.717) is 11.5 Å². The smallest absolute Gasteiger partial charge is 0.271 e. The molecule has 5 nitrogen and oxygen atoms in total. The van der Waals surface area contributed by atoms with Crippen LogP contribution in [-0.4, -0.2) is 21.9 Å². The molecule has 1 atom stereocenters. The highest BCUT2D eigenvalue weighted by Crippen LogP contribution is 2.12. The van der Waals surface area contributed by atoms with Gasteiger partial charge < -0.3 is 10.6 Å². The van der Waals surface area contributed by atoms with Gasteiger partial charge in [0.2, 0.25) is 0 Å². The number of hydrogen-bond acceptors (Lipinski definition) is 4. The van der Waals surface area contributed by atoms with Crippen LogP contribution in [0, 0.1) is 0 Å². The summed E-state index contributed by atoms with van der Waals surface area (Å²) in [5.74, 6) is 0.411. The average Bonchev–Trinajstić information content (AvgIpc) is 2.49. The van der Waals surface area contributed by atoms with Crippen LogP contribution < -0.4 is 10.6 Å². The van der Waals surface area contributed by atoms with E-state index in [-0.39, 0.29) is 11.9 Å². The van der Waals surface area contributed by atoms with Gasteiger partial charge in [-0.1, -0.05) is 25.1 Å². The summed E-state index contributed by atoms with van der Waals surface area (Å²) < 4.78 is 0. The van der Waals surface area contributed by atoms with Crippen molar-refractivity contribution in [2.75, 3.05) is 5.32 Å². The van der Waals surface area contributed by atoms with Gasteiger partial charge in [0.25, 0.3) is 5.91 Å². The van der Waals surface area contributed by atoms with E-state index in [2.05, 4.69) is 20.6 Å². The molecular weight excluding hydrogens is 252 g/mol. The molecule has 2 rings (SSSR count). The molecule has 0 fully saturated rings. The second-order valence-corrected chi connectivity index (χ2v) is 4.56. The Bertz CT molecular complexity index is 554. The van der Waals surface area contributed by atoms with Crippen LogP contribution in [0.1, 0.15) is 30.8 Å². The normalized spacial score (nSPS) is 11.7. The van der Waals surface area contributed by atoms with Gasteiger partial charge in [0, 0.05) is 11.7 Å². The number of benzene rings is 1. The van der Waals surface area contributed by atoms with Crippen LogP contribution in [0.5, 0.6) is 0 Å². The summed E-state index contributed by atoms with van der Waals surface area (Å²) >= 11 is 0. The van der Waals surface area contributed by atoms with Crippen molar-refractivity contribution in [1.29, 1.82) is 0 Å². The van der Waals surface area contributed by atoms with E-state index >= 15 is 0 Å². The maximum atomic E-state index is 11.8. The van der Waals surface area contributed by atoms with Gasteiger partial charge in [-0.25, -0.2) is 9.97 Å². The first-order chi connectivity index (χ1) is 9.69. The van der Waals surface area contributed by atoms with Crippen LogP contribution in [0.25, 0.3) is 0 Å². The number of nitrogens with one attached hydrogen (secondary N) is 2. The minimum absolute atomic E-state index is 0.131. The quantitative estimate of drug-likeness (QED) is 0.876. The van der Waals surface area contributed by atoms with Gasteiger partial charge >= 0.3 is 0 Å². The molecular formula is C15H18N4O. The first kappa shape index (κ1) is 14.0. The third-order valence-electron chi connectivity index (χ3n) is 2.92. The van der Waals surface area contributed by atoms with Gasteiger partial charge in [0.15, 0.2) is 0 Å². The topological polar surface area (TPSA) is 66.9 Å². The van der Waals surface area contributed by atoms with E-state index in [1.807, 2.05) is 44.2 Å². The Morgan fingerprint density at radius 3 is 2.55 bits per heavy atom. The Hall–Kier alpha value is -2.43. The van der Waals surface area contributed by atoms with Gasteiger partial charge in [0.05, 0.1) is 12.4 Å². The summed E-state index contributed by atoms with van der Waals surface area (Å²) in [6.07, 6.45) is 3.91. The van der Waals surface area contributed by atoms with Crippen molar-refractivity contribution in [3.8, 4) is 0 Å². The molecule has 1 aromatic heterocycles. The number of nitrogens with zero attached hydrogens (tertiary/aromatic N) is 2. The number of hydrogen-bond donors (Lipinski definition) is 2. The third-order valence-corrected chi connectivity index (χ3v) is 2.92. The second kappa shape index (κ2) is 6.65. The molecule has 0 saturated heterocycles. The molecule has 0 saturated carbocycles. The lowest BCUT2D eigenvalue weighted by Gasteiger charge is -2.11. The molecule has 104 valence electrons. The zero-order chi connectivity index (χ0) is 14.4. The summed E-state index contributed by atoms with van der Waals surface area (Å²) in [5, 5.41) is 5.97. The maximum Gasteiger partial charge on any atom is 0.271 e. The Labute approximate surface area is 118 Å². The molecule has 0 aliphatic carbocycles. The second-order valence-electron chi connectivity index (χ2n) is 4.56. The highest BCUT2D eigenvalue weighted by molar-refractivity contribution is 5.92. The van der Waals surface area contributed by atoms with Crippen molar-refractivity contribution < 1.29 is 4.79 Å². The lowest BCUT2D eigenvalue weighted by molar-refractivity contribution is 0.0934. The molecule has 0 bridgehead atoms. The highest BCUT2D eigenvalue weighted by atomic mass is 16.1. The fourth-order valence-corrected chi connectivity index (χ4v) is 1.58. The summed E-state index contributed by atoms with van der Waals surface area (Å²) in [7, 11) is 0. The number of para-hydroxylation sites is 1. The molecule has 1 amide bonds. The zero-order valence-electron chi connectivity index (χ0n) is 11.6. The predicted molar refractivity (Wildman–Crippen MR) is 79.0 cm³/mol. The molecule has 2 N–H and O–H groups in total. The van der Waals surface area contributed by atoms with Crippen LogP contribution in [0.4, 0.5) is 11.5 Å². The fourth-order valence-electron chi connectivity index (χ4n) is 1.58.